The number of ketones is 1. The molecule has 0 saturated heterocycles. The zero-order valence-corrected chi connectivity index (χ0v) is 11.5. The molecule has 0 aromatic carbocycles. The number of nitrogens with zero attached hydrogens (tertiary/aromatic N) is 2. The summed E-state index contributed by atoms with van der Waals surface area (Å²) in [5.41, 5.74) is 1.06. The highest BCUT2D eigenvalue weighted by molar-refractivity contribution is 5.93. The lowest BCUT2D eigenvalue weighted by Gasteiger charge is -2.09. The summed E-state index contributed by atoms with van der Waals surface area (Å²) in [5, 5.41) is 10.9. The molecule has 0 atom stereocenters. The van der Waals surface area contributed by atoms with Crippen LogP contribution in [0.3, 0.4) is 0 Å². The molecule has 0 aliphatic heterocycles. The maximum Gasteiger partial charge on any atom is 0.410 e. The molecule has 7 heteroatoms. The summed E-state index contributed by atoms with van der Waals surface area (Å²) >= 11 is 0. The molecule has 2 aromatic heterocycles. The first kappa shape index (κ1) is 14.4. The second-order valence-corrected chi connectivity index (χ2v) is 4.14. The fourth-order valence-corrected chi connectivity index (χ4v) is 1.74. The Morgan fingerprint density at radius 1 is 1.19 bits per heavy atom. The monoisotopic (exact) mass is 287 g/mol. The Hall–Kier alpha value is -2.96. The van der Waals surface area contributed by atoms with Crippen LogP contribution in [0.4, 0.5) is 10.6 Å². The Kier molecular flexibility index (Phi) is 4.13. The fourth-order valence-electron chi connectivity index (χ4n) is 1.74. The van der Waals surface area contributed by atoms with Crippen molar-refractivity contribution < 1.29 is 19.4 Å². The topological polar surface area (TPSA) is 101 Å². The summed E-state index contributed by atoms with van der Waals surface area (Å²) in [6.07, 6.45) is -1.21. The number of Topliss-reactive ketones (excluding diaryl/α,β-unsaturated/α-hetero) is 1. The minimum atomic E-state index is -1.21. The molecule has 2 heterocycles. The average molecular weight is 287 g/mol. The van der Waals surface area contributed by atoms with Crippen LogP contribution < -0.4 is 10.1 Å². The summed E-state index contributed by atoms with van der Waals surface area (Å²) in [6.45, 7) is 1.41. The van der Waals surface area contributed by atoms with E-state index in [2.05, 4.69) is 15.3 Å². The second kappa shape index (κ2) is 6.00. The van der Waals surface area contributed by atoms with Gasteiger partial charge in [0, 0.05) is 6.92 Å². The summed E-state index contributed by atoms with van der Waals surface area (Å²) in [5.74, 6) is 0.427. The van der Waals surface area contributed by atoms with Gasteiger partial charge in [0.25, 0.3) is 0 Å². The number of carboxylic acid groups (broad SMARTS) is 1. The summed E-state index contributed by atoms with van der Waals surface area (Å²) in [6, 6.07) is 7.98. The number of amides is 1. The van der Waals surface area contributed by atoms with E-state index in [-0.39, 0.29) is 17.3 Å². The number of hydrogen-bond donors (Lipinski definition) is 2. The molecule has 0 fully saturated rings. The van der Waals surface area contributed by atoms with Gasteiger partial charge in [-0.15, -0.1) is 0 Å². The van der Waals surface area contributed by atoms with Crippen molar-refractivity contribution >= 4 is 17.7 Å². The zero-order valence-electron chi connectivity index (χ0n) is 11.5. The molecule has 2 rings (SSSR count). The number of rotatable bonds is 4. The minimum absolute atomic E-state index is 0.164. The number of methoxy groups -OCH3 is 1. The highest BCUT2D eigenvalue weighted by atomic mass is 16.5. The second-order valence-electron chi connectivity index (χ2n) is 4.14. The van der Waals surface area contributed by atoms with Gasteiger partial charge in [0.1, 0.15) is 23.0 Å². The van der Waals surface area contributed by atoms with Crippen molar-refractivity contribution in [2.75, 3.05) is 12.4 Å². The molecule has 0 radical (unpaired) electrons. The lowest BCUT2D eigenvalue weighted by molar-refractivity contribution is 0.101. The van der Waals surface area contributed by atoms with Gasteiger partial charge in [-0.1, -0.05) is 6.07 Å². The van der Waals surface area contributed by atoms with Crippen LogP contribution in [-0.2, 0) is 0 Å². The highest BCUT2D eigenvalue weighted by Crippen LogP contribution is 2.27. The SMILES string of the molecule is COc1ccc(C(C)=O)nc1-c1cccc(NC(=O)O)n1. The standard InChI is InChI=1S/C14H13N3O4/c1-8(18)9-6-7-11(21-2)13(16-9)10-4-3-5-12(15-10)17-14(19)20/h3-7H,1-2H3,(H,15,17)(H,19,20). The quantitative estimate of drug-likeness (QED) is 0.837. The highest BCUT2D eigenvalue weighted by Gasteiger charge is 2.13. The van der Waals surface area contributed by atoms with E-state index in [4.69, 9.17) is 9.84 Å². The Bertz CT molecular complexity index is 700. The third-order valence-corrected chi connectivity index (χ3v) is 2.67. The van der Waals surface area contributed by atoms with E-state index in [1.807, 2.05) is 0 Å². The maximum absolute atomic E-state index is 11.4. The lowest BCUT2D eigenvalue weighted by Crippen LogP contribution is -2.09. The molecule has 1 amide bonds. The first-order valence-electron chi connectivity index (χ1n) is 6.04. The van der Waals surface area contributed by atoms with Crippen molar-refractivity contribution in [2.45, 2.75) is 6.92 Å². The molecule has 0 bridgehead atoms. The van der Waals surface area contributed by atoms with Crippen molar-refractivity contribution in [1.82, 2.24) is 9.97 Å². The first-order chi connectivity index (χ1) is 10.0. The van der Waals surface area contributed by atoms with Crippen LogP contribution in [0.5, 0.6) is 5.75 Å². The van der Waals surface area contributed by atoms with Gasteiger partial charge in [-0.3, -0.25) is 10.1 Å². The van der Waals surface area contributed by atoms with Gasteiger partial charge in [0.2, 0.25) is 0 Å². The molecule has 108 valence electrons. The van der Waals surface area contributed by atoms with Crippen molar-refractivity contribution in [1.29, 1.82) is 0 Å². The number of aromatic nitrogens is 2. The molecular weight excluding hydrogens is 274 g/mol. The van der Waals surface area contributed by atoms with Gasteiger partial charge < -0.3 is 9.84 Å². The largest absolute Gasteiger partial charge is 0.494 e. The van der Waals surface area contributed by atoms with Crippen LogP contribution in [0.2, 0.25) is 0 Å². The normalized spacial score (nSPS) is 10.0. The van der Waals surface area contributed by atoms with Crippen LogP contribution in [0.15, 0.2) is 30.3 Å². The van der Waals surface area contributed by atoms with E-state index in [1.165, 1.54) is 20.1 Å². The molecule has 0 unspecified atom stereocenters. The smallest absolute Gasteiger partial charge is 0.410 e. The van der Waals surface area contributed by atoms with E-state index >= 15 is 0 Å². The van der Waals surface area contributed by atoms with E-state index < -0.39 is 6.09 Å². The van der Waals surface area contributed by atoms with Gasteiger partial charge in [-0.25, -0.2) is 14.8 Å². The van der Waals surface area contributed by atoms with Crippen molar-refractivity contribution in [2.24, 2.45) is 0 Å². The number of anilines is 1. The zero-order chi connectivity index (χ0) is 15.4. The summed E-state index contributed by atoms with van der Waals surface area (Å²) in [7, 11) is 1.48. The number of nitrogens with one attached hydrogen (secondary N) is 1. The molecule has 0 spiro atoms. The number of carbonyl (C=O) groups excluding carboxylic acids is 1. The Morgan fingerprint density at radius 3 is 2.57 bits per heavy atom. The van der Waals surface area contributed by atoms with Gasteiger partial charge in [0.15, 0.2) is 5.78 Å². The van der Waals surface area contributed by atoms with Crippen LogP contribution >= 0.6 is 0 Å². The first-order valence-corrected chi connectivity index (χ1v) is 6.04. The molecular formula is C14H13N3O4. The van der Waals surface area contributed by atoms with Gasteiger partial charge in [-0.05, 0) is 24.3 Å². The van der Waals surface area contributed by atoms with Crippen LogP contribution in [0.25, 0.3) is 11.4 Å². The van der Waals surface area contributed by atoms with Crippen LogP contribution in [0, 0.1) is 0 Å². The minimum Gasteiger partial charge on any atom is -0.494 e. The van der Waals surface area contributed by atoms with Gasteiger partial charge >= 0.3 is 6.09 Å². The predicted octanol–water partition coefficient (Wildman–Crippen LogP) is 2.44. The number of ether oxygens (including phenoxy) is 1. The number of hydrogen-bond acceptors (Lipinski definition) is 5. The van der Waals surface area contributed by atoms with E-state index in [9.17, 15) is 9.59 Å². The summed E-state index contributed by atoms with van der Waals surface area (Å²) in [4.78, 5) is 30.4. The van der Waals surface area contributed by atoms with E-state index in [0.29, 0.717) is 17.1 Å². The van der Waals surface area contributed by atoms with Crippen molar-refractivity contribution in [3.05, 3.63) is 36.0 Å². The maximum atomic E-state index is 11.4. The van der Waals surface area contributed by atoms with Gasteiger partial charge in [0.05, 0.1) is 12.8 Å². The molecule has 21 heavy (non-hydrogen) atoms. The Morgan fingerprint density at radius 2 is 1.95 bits per heavy atom. The number of carbonyl (C=O) groups is 2. The molecule has 0 aliphatic rings. The lowest BCUT2D eigenvalue weighted by atomic mass is 10.2. The third-order valence-electron chi connectivity index (χ3n) is 2.67. The van der Waals surface area contributed by atoms with Gasteiger partial charge in [-0.2, -0.15) is 0 Å². The summed E-state index contributed by atoms with van der Waals surface area (Å²) < 4.78 is 5.20. The molecule has 7 nitrogen and oxygen atoms in total. The third kappa shape index (κ3) is 3.33. The molecule has 0 saturated carbocycles. The van der Waals surface area contributed by atoms with Crippen LogP contribution in [0.1, 0.15) is 17.4 Å². The molecule has 0 aliphatic carbocycles. The van der Waals surface area contributed by atoms with Crippen molar-refractivity contribution in [3.63, 3.8) is 0 Å². The average Bonchev–Trinajstić information content (AvgIpc) is 2.46. The Balaban J connectivity index is 2.51. The Labute approximate surface area is 120 Å². The number of pyridine rings is 2. The van der Waals surface area contributed by atoms with Crippen molar-refractivity contribution in [3.8, 4) is 17.1 Å². The fraction of sp³-hybridized carbons (Fsp3) is 0.143. The van der Waals surface area contributed by atoms with E-state index in [0.717, 1.165) is 0 Å². The van der Waals surface area contributed by atoms with E-state index in [1.54, 1.807) is 24.3 Å². The van der Waals surface area contributed by atoms with Crippen LogP contribution in [-0.4, -0.2) is 34.1 Å². The molecule has 2 N–H and O–H groups in total. The predicted molar refractivity (Wildman–Crippen MR) is 75.7 cm³/mol. The molecule has 2 aromatic rings.